The Morgan fingerprint density at radius 2 is 1.48 bits per heavy atom. The topological polar surface area (TPSA) is 45.4 Å². The van der Waals surface area contributed by atoms with Crippen LogP contribution in [0.3, 0.4) is 0 Å². The molecule has 1 heterocycles. The highest BCUT2D eigenvalue weighted by Crippen LogP contribution is 2.36. The molecule has 0 saturated heterocycles. The summed E-state index contributed by atoms with van der Waals surface area (Å²) in [6.45, 7) is 2.81. The molecule has 0 spiro atoms. The first-order valence-electron chi connectivity index (χ1n) is 8.28. The molecule has 0 aliphatic heterocycles. The van der Waals surface area contributed by atoms with Gasteiger partial charge in [0.05, 0.1) is 11.2 Å². The number of hydrogen-bond donors (Lipinski definition) is 2. The zero-order valence-corrected chi connectivity index (χ0v) is 14.0. The van der Waals surface area contributed by atoms with Crippen LogP contribution in [0.15, 0.2) is 72.8 Å². The highest BCUT2D eigenvalue weighted by atomic mass is 16.3. The zero-order valence-electron chi connectivity index (χ0n) is 14.0. The molecule has 4 rings (SSSR count). The molecule has 124 valence electrons. The van der Waals surface area contributed by atoms with Gasteiger partial charge in [-0.2, -0.15) is 0 Å². The molecule has 0 fully saturated rings. The summed E-state index contributed by atoms with van der Waals surface area (Å²) in [4.78, 5) is 0. The summed E-state index contributed by atoms with van der Waals surface area (Å²) in [7, 11) is 0. The van der Waals surface area contributed by atoms with E-state index in [2.05, 4.69) is 23.6 Å². The van der Waals surface area contributed by atoms with E-state index in [9.17, 15) is 10.2 Å². The molecule has 1 aromatic heterocycles. The van der Waals surface area contributed by atoms with Crippen molar-refractivity contribution in [3.8, 4) is 22.8 Å². The molecule has 0 unspecified atom stereocenters. The fourth-order valence-corrected chi connectivity index (χ4v) is 3.43. The minimum absolute atomic E-state index is 0.254. The van der Waals surface area contributed by atoms with Gasteiger partial charge in [-0.3, -0.25) is 0 Å². The van der Waals surface area contributed by atoms with E-state index in [0.717, 1.165) is 27.7 Å². The number of phenols is 2. The molecule has 3 aromatic carbocycles. The maximum atomic E-state index is 9.98. The summed E-state index contributed by atoms with van der Waals surface area (Å²) in [6, 6.07) is 23.0. The van der Waals surface area contributed by atoms with Gasteiger partial charge in [0, 0.05) is 18.0 Å². The summed E-state index contributed by atoms with van der Waals surface area (Å²) in [5.74, 6) is 0.515. The maximum absolute atomic E-state index is 9.98. The summed E-state index contributed by atoms with van der Waals surface area (Å²) < 4.78 is 2.23. The molecule has 0 bridgehead atoms. The van der Waals surface area contributed by atoms with Gasteiger partial charge in [0.25, 0.3) is 0 Å². The quantitative estimate of drug-likeness (QED) is 0.551. The van der Waals surface area contributed by atoms with E-state index < -0.39 is 0 Å². The van der Waals surface area contributed by atoms with Crippen LogP contribution < -0.4 is 0 Å². The minimum atomic E-state index is 0.254. The van der Waals surface area contributed by atoms with Crippen molar-refractivity contribution in [2.45, 2.75) is 13.5 Å². The summed E-state index contributed by atoms with van der Waals surface area (Å²) >= 11 is 0. The maximum Gasteiger partial charge on any atom is 0.117 e. The molecule has 0 aliphatic rings. The van der Waals surface area contributed by atoms with Crippen LogP contribution in [0.5, 0.6) is 11.5 Å². The lowest BCUT2D eigenvalue weighted by Gasteiger charge is -2.12. The predicted molar refractivity (Wildman–Crippen MR) is 101 cm³/mol. The fraction of sp³-hybridized carbons (Fsp3) is 0.0909. The van der Waals surface area contributed by atoms with E-state index in [1.807, 2.05) is 42.5 Å². The Hall–Kier alpha value is -3.20. The Balaban J connectivity index is 1.98. The highest BCUT2D eigenvalue weighted by Gasteiger charge is 2.16. The first-order valence-corrected chi connectivity index (χ1v) is 8.28. The van der Waals surface area contributed by atoms with E-state index >= 15 is 0 Å². The Morgan fingerprint density at radius 3 is 2.20 bits per heavy atom. The van der Waals surface area contributed by atoms with Crippen LogP contribution in [0.2, 0.25) is 0 Å². The van der Waals surface area contributed by atoms with Gasteiger partial charge in [0.2, 0.25) is 0 Å². The molecule has 25 heavy (non-hydrogen) atoms. The Morgan fingerprint density at radius 1 is 0.800 bits per heavy atom. The number of hydrogen-bond acceptors (Lipinski definition) is 2. The second-order valence-corrected chi connectivity index (χ2v) is 6.29. The van der Waals surface area contributed by atoms with Crippen molar-refractivity contribution < 1.29 is 10.2 Å². The second kappa shape index (κ2) is 6.02. The van der Waals surface area contributed by atoms with E-state index in [1.165, 1.54) is 5.56 Å². The molecule has 0 radical (unpaired) electrons. The van der Waals surface area contributed by atoms with Crippen LogP contribution in [-0.2, 0) is 6.54 Å². The molecule has 4 aromatic rings. The first-order chi connectivity index (χ1) is 12.1. The van der Waals surface area contributed by atoms with Gasteiger partial charge in [-0.15, -0.1) is 0 Å². The van der Waals surface area contributed by atoms with Gasteiger partial charge < -0.3 is 14.8 Å². The van der Waals surface area contributed by atoms with Gasteiger partial charge in [0.15, 0.2) is 0 Å². The largest absolute Gasteiger partial charge is 0.508 e. The van der Waals surface area contributed by atoms with Crippen molar-refractivity contribution in [3.63, 3.8) is 0 Å². The Bertz CT molecular complexity index is 1030. The van der Waals surface area contributed by atoms with Crippen molar-refractivity contribution in [1.29, 1.82) is 0 Å². The van der Waals surface area contributed by atoms with Crippen molar-refractivity contribution >= 4 is 10.9 Å². The normalized spacial score (nSPS) is 11.1. The van der Waals surface area contributed by atoms with Gasteiger partial charge in [-0.05, 0) is 60.0 Å². The van der Waals surface area contributed by atoms with Gasteiger partial charge in [-0.1, -0.05) is 30.3 Å². The predicted octanol–water partition coefficient (Wildman–Crippen LogP) is 5.08. The number of aromatic hydroxyl groups is 2. The van der Waals surface area contributed by atoms with Gasteiger partial charge in [-0.25, -0.2) is 0 Å². The number of nitrogens with zero attached hydrogens (tertiary/aromatic N) is 1. The molecule has 2 N–H and O–H groups in total. The van der Waals surface area contributed by atoms with Crippen molar-refractivity contribution in [2.75, 3.05) is 0 Å². The minimum Gasteiger partial charge on any atom is -0.508 e. The molecule has 3 nitrogen and oxygen atoms in total. The SMILES string of the molecule is Cc1c(-c2ccc(O)cc2)n(Cc2ccccc2)c2cc(O)ccc12. The number of benzene rings is 3. The first kappa shape index (κ1) is 15.3. The third-order valence-corrected chi connectivity index (χ3v) is 4.63. The fourth-order valence-electron chi connectivity index (χ4n) is 3.43. The summed E-state index contributed by atoms with van der Waals surface area (Å²) in [5, 5.41) is 20.7. The third-order valence-electron chi connectivity index (χ3n) is 4.63. The zero-order chi connectivity index (χ0) is 17.4. The van der Waals surface area contributed by atoms with E-state index in [1.54, 1.807) is 18.2 Å². The van der Waals surface area contributed by atoms with Crippen LogP contribution in [0.4, 0.5) is 0 Å². The molecule has 0 aliphatic carbocycles. The summed E-state index contributed by atoms with van der Waals surface area (Å²) in [6.07, 6.45) is 0. The van der Waals surface area contributed by atoms with E-state index in [4.69, 9.17) is 0 Å². The van der Waals surface area contributed by atoms with E-state index in [0.29, 0.717) is 6.54 Å². The standard InChI is InChI=1S/C22H19NO2/c1-15-20-12-11-19(25)13-21(20)23(14-16-5-3-2-4-6-16)22(15)17-7-9-18(24)10-8-17/h2-13,24-25H,14H2,1H3. The molecule has 3 heteroatoms. The number of rotatable bonds is 3. The number of aromatic nitrogens is 1. The van der Waals surface area contributed by atoms with Crippen molar-refractivity contribution in [1.82, 2.24) is 4.57 Å². The smallest absolute Gasteiger partial charge is 0.117 e. The van der Waals surface area contributed by atoms with Crippen LogP contribution in [0, 0.1) is 6.92 Å². The van der Waals surface area contributed by atoms with Crippen LogP contribution in [0.1, 0.15) is 11.1 Å². The number of fused-ring (bicyclic) bond motifs is 1. The third kappa shape index (κ3) is 2.74. The lowest BCUT2D eigenvalue weighted by Crippen LogP contribution is -2.02. The van der Waals surface area contributed by atoms with E-state index in [-0.39, 0.29) is 11.5 Å². The molecular formula is C22H19NO2. The van der Waals surface area contributed by atoms with Gasteiger partial charge >= 0.3 is 0 Å². The molecule has 0 atom stereocenters. The molecule has 0 amide bonds. The molecule has 0 saturated carbocycles. The van der Waals surface area contributed by atoms with Crippen LogP contribution in [0.25, 0.3) is 22.2 Å². The van der Waals surface area contributed by atoms with Crippen molar-refractivity contribution in [2.24, 2.45) is 0 Å². The lowest BCUT2D eigenvalue weighted by molar-refractivity contribution is 0.475. The van der Waals surface area contributed by atoms with Crippen LogP contribution >= 0.6 is 0 Å². The summed E-state index contributed by atoms with van der Waals surface area (Å²) in [5.41, 5.74) is 5.51. The second-order valence-electron chi connectivity index (χ2n) is 6.29. The molecular weight excluding hydrogens is 310 g/mol. The Kier molecular flexibility index (Phi) is 3.69. The highest BCUT2D eigenvalue weighted by molar-refractivity contribution is 5.92. The van der Waals surface area contributed by atoms with Gasteiger partial charge in [0.1, 0.15) is 11.5 Å². The van der Waals surface area contributed by atoms with Crippen LogP contribution in [-0.4, -0.2) is 14.8 Å². The average molecular weight is 329 g/mol. The average Bonchev–Trinajstić information content (AvgIpc) is 2.88. The number of phenolic OH excluding ortho intramolecular Hbond substituents is 2. The monoisotopic (exact) mass is 329 g/mol. The van der Waals surface area contributed by atoms with Crippen molar-refractivity contribution in [3.05, 3.63) is 83.9 Å². The number of aryl methyl sites for hydroxylation is 1. The Labute approximate surface area is 146 Å². The lowest BCUT2D eigenvalue weighted by atomic mass is 10.1.